The van der Waals surface area contributed by atoms with Crippen LogP contribution in [0.25, 0.3) is 0 Å². The first-order valence-electron chi connectivity index (χ1n) is 6.40. The summed E-state index contributed by atoms with van der Waals surface area (Å²) >= 11 is 1.89. The van der Waals surface area contributed by atoms with Crippen LogP contribution in [0.3, 0.4) is 0 Å². The van der Waals surface area contributed by atoms with E-state index in [4.69, 9.17) is 5.11 Å². The van der Waals surface area contributed by atoms with E-state index in [-0.39, 0.29) is 6.04 Å². The molecular weight excluding hydrogens is 236 g/mol. The maximum absolute atomic E-state index is 10.9. The largest absolute Gasteiger partial charge is 0.481 e. The number of carboxylic acids is 1. The van der Waals surface area contributed by atoms with E-state index in [0.717, 1.165) is 24.6 Å². The molecule has 5 heteroatoms. The Hall–Kier alpha value is -0.260. The van der Waals surface area contributed by atoms with Crippen molar-refractivity contribution in [3.05, 3.63) is 0 Å². The van der Waals surface area contributed by atoms with Crippen molar-refractivity contribution in [3.63, 3.8) is 0 Å². The minimum Gasteiger partial charge on any atom is -0.481 e. The lowest BCUT2D eigenvalue weighted by Crippen LogP contribution is -2.54. The number of nitrogens with zero attached hydrogens (tertiary/aromatic N) is 2. The van der Waals surface area contributed by atoms with E-state index >= 15 is 0 Å². The second-order valence-corrected chi connectivity index (χ2v) is 6.27. The highest BCUT2D eigenvalue weighted by Crippen LogP contribution is 2.25. The number of hydrogen-bond donors (Lipinski definition) is 1. The average Bonchev–Trinajstić information content (AvgIpc) is 2.29. The van der Waals surface area contributed by atoms with Crippen LogP contribution in [0.1, 0.15) is 19.3 Å². The van der Waals surface area contributed by atoms with Crippen LogP contribution >= 0.6 is 11.8 Å². The minimum atomic E-state index is -0.660. The van der Waals surface area contributed by atoms with E-state index in [9.17, 15) is 4.79 Å². The maximum Gasteiger partial charge on any atom is 0.304 e. The lowest BCUT2D eigenvalue weighted by Gasteiger charge is -2.44. The van der Waals surface area contributed by atoms with Crippen molar-refractivity contribution in [3.8, 4) is 0 Å². The highest BCUT2D eigenvalue weighted by Gasteiger charge is 2.32. The molecule has 0 aromatic rings. The van der Waals surface area contributed by atoms with Crippen LogP contribution in [-0.4, -0.2) is 71.1 Å². The van der Waals surface area contributed by atoms with Crippen molar-refractivity contribution >= 4 is 17.7 Å². The van der Waals surface area contributed by atoms with Crippen LogP contribution in [0.4, 0.5) is 0 Å². The number of aliphatic carboxylic acids is 1. The molecule has 2 fully saturated rings. The summed E-state index contributed by atoms with van der Waals surface area (Å²) in [4.78, 5) is 15.7. The van der Waals surface area contributed by atoms with Crippen molar-refractivity contribution < 1.29 is 9.90 Å². The number of rotatable bonds is 3. The van der Waals surface area contributed by atoms with Gasteiger partial charge in [-0.25, -0.2) is 0 Å². The summed E-state index contributed by atoms with van der Waals surface area (Å²) in [6, 6.07) is 0.807. The molecule has 2 saturated heterocycles. The second kappa shape index (κ2) is 6.07. The van der Waals surface area contributed by atoms with E-state index in [1.165, 1.54) is 19.4 Å². The fourth-order valence-corrected chi connectivity index (χ4v) is 4.02. The molecule has 0 aliphatic carbocycles. The van der Waals surface area contributed by atoms with Crippen molar-refractivity contribution in [1.82, 2.24) is 9.80 Å². The van der Waals surface area contributed by atoms with Gasteiger partial charge >= 0.3 is 5.97 Å². The number of likely N-dealkylation sites (tertiary alicyclic amines) is 1. The molecule has 2 aliphatic heterocycles. The molecule has 1 N–H and O–H groups in total. The van der Waals surface area contributed by atoms with Crippen molar-refractivity contribution in [1.29, 1.82) is 0 Å². The summed E-state index contributed by atoms with van der Waals surface area (Å²) in [6.45, 7) is 3.34. The van der Waals surface area contributed by atoms with Gasteiger partial charge in [-0.1, -0.05) is 0 Å². The average molecular weight is 258 g/mol. The van der Waals surface area contributed by atoms with Gasteiger partial charge in [-0.05, 0) is 26.4 Å². The molecule has 2 aliphatic rings. The van der Waals surface area contributed by atoms with Crippen molar-refractivity contribution in [2.45, 2.75) is 31.3 Å². The van der Waals surface area contributed by atoms with Gasteiger partial charge in [-0.15, -0.1) is 0 Å². The van der Waals surface area contributed by atoms with Gasteiger partial charge in [0.05, 0.1) is 6.42 Å². The Morgan fingerprint density at radius 2 is 2.29 bits per heavy atom. The third kappa shape index (κ3) is 3.60. The Morgan fingerprint density at radius 1 is 1.47 bits per heavy atom. The van der Waals surface area contributed by atoms with Crippen LogP contribution in [0.2, 0.25) is 0 Å². The van der Waals surface area contributed by atoms with Crippen LogP contribution in [0.5, 0.6) is 0 Å². The topological polar surface area (TPSA) is 43.8 Å². The van der Waals surface area contributed by atoms with E-state index in [0.29, 0.717) is 12.5 Å². The number of thioether (sulfide) groups is 1. The molecule has 2 rings (SSSR count). The fraction of sp³-hybridized carbons (Fsp3) is 0.917. The van der Waals surface area contributed by atoms with E-state index in [2.05, 4.69) is 16.8 Å². The van der Waals surface area contributed by atoms with Gasteiger partial charge in [-0.2, -0.15) is 11.8 Å². The summed E-state index contributed by atoms with van der Waals surface area (Å²) in [7, 11) is 2.16. The Labute approximate surface area is 107 Å². The molecule has 17 heavy (non-hydrogen) atoms. The number of carboxylic acid groups (broad SMARTS) is 1. The van der Waals surface area contributed by atoms with E-state index in [1.807, 2.05) is 11.8 Å². The van der Waals surface area contributed by atoms with Gasteiger partial charge in [0.2, 0.25) is 0 Å². The van der Waals surface area contributed by atoms with Gasteiger partial charge in [0.25, 0.3) is 0 Å². The Balaban J connectivity index is 1.97. The molecule has 0 amide bonds. The number of hydrogen-bond acceptors (Lipinski definition) is 4. The van der Waals surface area contributed by atoms with Crippen LogP contribution in [-0.2, 0) is 4.79 Å². The van der Waals surface area contributed by atoms with Crippen molar-refractivity contribution in [2.75, 3.05) is 38.2 Å². The lowest BCUT2D eigenvalue weighted by atomic mass is 10.0. The molecule has 0 aromatic heterocycles. The van der Waals surface area contributed by atoms with Crippen molar-refractivity contribution in [2.24, 2.45) is 0 Å². The highest BCUT2D eigenvalue weighted by molar-refractivity contribution is 7.99. The third-order valence-corrected chi connectivity index (χ3v) is 4.84. The normalized spacial score (nSPS) is 32.5. The molecule has 0 spiro atoms. The first-order valence-corrected chi connectivity index (χ1v) is 7.56. The molecule has 2 heterocycles. The molecule has 0 bridgehead atoms. The van der Waals surface area contributed by atoms with E-state index in [1.54, 1.807) is 0 Å². The van der Waals surface area contributed by atoms with E-state index < -0.39 is 5.97 Å². The molecule has 0 saturated carbocycles. The minimum absolute atomic E-state index is 0.239. The van der Waals surface area contributed by atoms with Gasteiger partial charge in [0.1, 0.15) is 0 Å². The molecule has 0 aromatic carbocycles. The summed E-state index contributed by atoms with van der Waals surface area (Å²) in [5.74, 6) is 1.47. The Kier molecular flexibility index (Phi) is 4.70. The highest BCUT2D eigenvalue weighted by atomic mass is 32.2. The summed E-state index contributed by atoms with van der Waals surface area (Å²) in [5, 5.41) is 8.99. The summed E-state index contributed by atoms with van der Waals surface area (Å²) in [6.07, 6.45) is 2.77. The van der Waals surface area contributed by atoms with Crippen LogP contribution in [0, 0.1) is 0 Å². The summed E-state index contributed by atoms with van der Waals surface area (Å²) in [5.41, 5.74) is 0. The lowest BCUT2D eigenvalue weighted by molar-refractivity contribution is -0.138. The SMILES string of the molecule is CN1CCCC(N2CCSCC2CC(=O)O)C1. The zero-order chi connectivity index (χ0) is 12.3. The predicted molar refractivity (Wildman–Crippen MR) is 70.6 cm³/mol. The van der Waals surface area contributed by atoms with Gasteiger partial charge < -0.3 is 10.0 Å². The van der Waals surface area contributed by atoms with Crippen LogP contribution in [0.15, 0.2) is 0 Å². The van der Waals surface area contributed by atoms with Crippen LogP contribution < -0.4 is 0 Å². The zero-order valence-corrected chi connectivity index (χ0v) is 11.3. The maximum atomic E-state index is 10.9. The number of carbonyl (C=O) groups is 1. The van der Waals surface area contributed by atoms with Gasteiger partial charge in [-0.3, -0.25) is 9.69 Å². The molecule has 4 nitrogen and oxygen atoms in total. The quantitative estimate of drug-likeness (QED) is 0.817. The summed E-state index contributed by atoms with van der Waals surface area (Å²) < 4.78 is 0. The first kappa shape index (κ1) is 13.2. The third-order valence-electron chi connectivity index (χ3n) is 3.75. The number of piperidine rings is 1. The molecular formula is C12H22N2O2S. The number of likely N-dealkylation sites (N-methyl/N-ethyl adjacent to an activating group) is 1. The second-order valence-electron chi connectivity index (χ2n) is 5.12. The standard InChI is InChI=1S/C12H22N2O2S/c1-13-4-2-3-10(8-13)14-5-6-17-9-11(14)7-12(15)16/h10-11H,2-9H2,1H3,(H,15,16). The fourth-order valence-electron chi connectivity index (χ4n) is 2.94. The Morgan fingerprint density at radius 3 is 3.00 bits per heavy atom. The molecule has 98 valence electrons. The molecule has 0 radical (unpaired) electrons. The molecule has 2 unspecified atom stereocenters. The first-order chi connectivity index (χ1) is 8.16. The Bertz CT molecular complexity index is 275. The van der Waals surface area contributed by atoms with Gasteiger partial charge in [0.15, 0.2) is 0 Å². The smallest absolute Gasteiger partial charge is 0.304 e. The zero-order valence-electron chi connectivity index (χ0n) is 10.5. The molecule has 2 atom stereocenters. The predicted octanol–water partition coefficient (Wildman–Crippen LogP) is 0.973. The monoisotopic (exact) mass is 258 g/mol. The van der Waals surface area contributed by atoms with Gasteiger partial charge in [0, 0.05) is 36.7 Å².